The highest BCUT2D eigenvalue weighted by atomic mass is 32.2. The van der Waals surface area contributed by atoms with Crippen molar-refractivity contribution in [1.82, 2.24) is 15.0 Å². The van der Waals surface area contributed by atoms with E-state index in [1.165, 1.54) is 12.8 Å². The van der Waals surface area contributed by atoms with Gasteiger partial charge in [0, 0.05) is 40.7 Å². The Balaban J connectivity index is 1.52. The molecular weight excluding hydrogens is 515 g/mol. The number of ether oxygens (including phenoxy) is 1. The Morgan fingerprint density at radius 2 is 1.85 bits per heavy atom. The molecule has 39 heavy (non-hydrogen) atoms. The standard InChI is InChI=1S/C30H33FN4O3S/c1-4-39(36,37)18-25-22-11-5-6-12-23(22)28(20(3)27(25)31)38-29-24(13-8-15-32-29)26-14-16-33-30(35-26)34-21-10-7-9-19(2)17-21/h5-6,8,11-16,19,21H,4,7,9-10,17-18H2,1-3H3,(H,33,34,35). The Bertz CT molecular complexity index is 1610. The van der Waals surface area contributed by atoms with Crippen molar-refractivity contribution in [2.75, 3.05) is 11.1 Å². The highest BCUT2D eigenvalue weighted by Gasteiger charge is 2.24. The van der Waals surface area contributed by atoms with E-state index < -0.39 is 15.7 Å². The summed E-state index contributed by atoms with van der Waals surface area (Å²) in [6.07, 6.45) is 7.93. The lowest BCUT2D eigenvalue weighted by Gasteiger charge is -2.27. The molecule has 0 spiro atoms. The molecule has 2 unspecified atom stereocenters. The van der Waals surface area contributed by atoms with Gasteiger partial charge in [-0.25, -0.2) is 27.8 Å². The van der Waals surface area contributed by atoms with Crippen molar-refractivity contribution in [3.8, 4) is 22.9 Å². The molecule has 1 aliphatic rings. The summed E-state index contributed by atoms with van der Waals surface area (Å²) in [7, 11) is -3.45. The van der Waals surface area contributed by atoms with Gasteiger partial charge in [-0.3, -0.25) is 0 Å². The zero-order valence-corrected chi connectivity index (χ0v) is 23.3. The summed E-state index contributed by atoms with van der Waals surface area (Å²) in [4.78, 5) is 13.6. The van der Waals surface area contributed by atoms with E-state index in [2.05, 4.69) is 22.2 Å². The van der Waals surface area contributed by atoms with Gasteiger partial charge in [-0.2, -0.15) is 0 Å². The summed E-state index contributed by atoms with van der Waals surface area (Å²) in [5.41, 5.74) is 1.65. The Morgan fingerprint density at radius 1 is 1.05 bits per heavy atom. The Hall–Kier alpha value is -3.59. The number of aromatic nitrogens is 3. The lowest BCUT2D eigenvalue weighted by atomic mass is 9.87. The molecule has 7 nitrogen and oxygen atoms in total. The van der Waals surface area contributed by atoms with E-state index in [0.717, 1.165) is 12.8 Å². The molecule has 2 aromatic heterocycles. The van der Waals surface area contributed by atoms with Crippen LogP contribution in [0.25, 0.3) is 22.0 Å². The molecule has 204 valence electrons. The maximum Gasteiger partial charge on any atom is 0.228 e. The molecule has 2 aromatic carbocycles. The van der Waals surface area contributed by atoms with Crippen LogP contribution in [0, 0.1) is 18.7 Å². The third-order valence-electron chi connectivity index (χ3n) is 7.41. The smallest absolute Gasteiger partial charge is 0.228 e. The molecule has 0 radical (unpaired) electrons. The minimum atomic E-state index is -3.45. The summed E-state index contributed by atoms with van der Waals surface area (Å²) < 4.78 is 46.8. The number of anilines is 1. The van der Waals surface area contributed by atoms with Gasteiger partial charge in [-0.05, 0) is 49.3 Å². The summed E-state index contributed by atoms with van der Waals surface area (Å²) in [6.45, 7) is 5.43. The number of hydrogen-bond acceptors (Lipinski definition) is 7. The molecule has 1 saturated carbocycles. The quantitative estimate of drug-likeness (QED) is 0.257. The van der Waals surface area contributed by atoms with E-state index >= 15 is 4.39 Å². The van der Waals surface area contributed by atoms with Crippen molar-refractivity contribution in [3.05, 3.63) is 71.8 Å². The van der Waals surface area contributed by atoms with Crippen molar-refractivity contribution in [2.45, 2.75) is 58.2 Å². The van der Waals surface area contributed by atoms with Crippen LogP contribution in [-0.2, 0) is 15.6 Å². The molecular formula is C30H33FN4O3S. The van der Waals surface area contributed by atoms with Gasteiger partial charge >= 0.3 is 0 Å². The van der Waals surface area contributed by atoms with Crippen LogP contribution < -0.4 is 10.1 Å². The number of nitrogens with one attached hydrogen (secondary N) is 1. The number of halogens is 1. The first kappa shape index (κ1) is 27.0. The summed E-state index contributed by atoms with van der Waals surface area (Å²) >= 11 is 0. The van der Waals surface area contributed by atoms with Gasteiger partial charge in [0.1, 0.15) is 11.6 Å². The minimum absolute atomic E-state index is 0.0646. The molecule has 0 saturated heterocycles. The first-order valence-corrected chi connectivity index (χ1v) is 15.2. The van der Waals surface area contributed by atoms with E-state index in [0.29, 0.717) is 45.7 Å². The molecule has 2 heterocycles. The van der Waals surface area contributed by atoms with Gasteiger partial charge in [-0.1, -0.05) is 51.0 Å². The molecule has 4 aromatic rings. The summed E-state index contributed by atoms with van der Waals surface area (Å²) in [5, 5.41) is 4.60. The molecule has 1 fully saturated rings. The zero-order valence-electron chi connectivity index (χ0n) is 22.4. The van der Waals surface area contributed by atoms with E-state index in [1.54, 1.807) is 56.6 Å². The van der Waals surface area contributed by atoms with Crippen LogP contribution in [0.1, 0.15) is 50.7 Å². The van der Waals surface area contributed by atoms with Crippen LogP contribution in [0.4, 0.5) is 10.3 Å². The predicted octanol–water partition coefficient (Wildman–Crippen LogP) is 6.86. The highest BCUT2D eigenvalue weighted by Crippen LogP contribution is 2.40. The van der Waals surface area contributed by atoms with Gasteiger partial charge in [-0.15, -0.1) is 0 Å². The van der Waals surface area contributed by atoms with Crippen LogP contribution in [0.3, 0.4) is 0 Å². The monoisotopic (exact) mass is 548 g/mol. The Morgan fingerprint density at radius 3 is 2.62 bits per heavy atom. The van der Waals surface area contributed by atoms with Gasteiger partial charge in [0.05, 0.1) is 17.0 Å². The van der Waals surface area contributed by atoms with Crippen molar-refractivity contribution in [2.24, 2.45) is 5.92 Å². The topological polar surface area (TPSA) is 94.1 Å². The second kappa shape index (κ2) is 11.3. The lowest BCUT2D eigenvalue weighted by molar-refractivity contribution is 0.357. The maximum absolute atomic E-state index is 15.7. The Labute approximate surface area is 228 Å². The number of hydrogen-bond donors (Lipinski definition) is 1. The number of sulfone groups is 1. The van der Waals surface area contributed by atoms with Gasteiger partial charge < -0.3 is 10.1 Å². The first-order chi connectivity index (χ1) is 18.8. The molecule has 0 aliphatic heterocycles. The SMILES string of the molecule is CCS(=O)(=O)Cc1c(F)c(C)c(Oc2ncccc2-c2ccnc(NC3CCCC(C)C3)n2)c2ccccc12. The second-order valence-electron chi connectivity index (χ2n) is 10.3. The van der Waals surface area contributed by atoms with Gasteiger partial charge in [0.2, 0.25) is 11.8 Å². The summed E-state index contributed by atoms with van der Waals surface area (Å²) in [6, 6.07) is 12.9. The minimum Gasteiger partial charge on any atom is -0.437 e. The molecule has 9 heteroatoms. The molecule has 1 N–H and O–H groups in total. The van der Waals surface area contributed by atoms with Gasteiger partial charge in [0.15, 0.2) is 9.84 Å². The molecule has 2 atom stereocenters. The molecule has 0 amide bonds. The first-order valence-electron chi connectivity index (χ1n) is 13.4. The Kier molecular flexibility index (Phi) is 7.79. The normalized spacial score (nSPS) is 17.7. The van der Waals surface area contributed by atoms with Crippen molar-refractivity contribution in [3.63, 3.8) is 0 Å². The largest absolute Gasteiger partial charge is 0.437 e. The molecule has 1 aliphatic carbocycles. The fraction of sp³-hybridized carbons (Fsp3) is 0.367. The third-order valence-corrected chi connectivity index (χ3v) is 9.01. The van der Waals surface area contributed by atoms with E-state index in [1.807, 2.05) is 12.1 Å². The van der Waals surface area contributed by atoms with Crippen LogP contribution in [0.5, 0.6) is 11.6 Å². The fourth-order valence-corrected chi connectivity index (χ4v) is 6.20. The molecule has 5 rings (SSSR count). The zero-order chi connectivity index (χ0) is 27.6. The van der Waals surface area contributed by atoms with Crippen molar-refractivity contribution >= 4 is 26.6 Å². The third kappa shape index (κ3) is 5.88. The molecule has 0 bridgehead atoms. The number of fused-ring (bicyclic) bond motifs is 1. The fourth-order valence-electron chi connectivity index (χ4n) is 5.27. The van der Waals surface area contributed by atoms with Gasteiger partial charge in [0.25, 0.3) is 0 Å². The van der Waals surface area contributed by atoms with Crippen LogP contribution in [-0.4, -0.2) is 35.2 Å². The highest BCUT2D eigenvalue weighted by molar-refractivity contribution is 7.90. The second-order valence-corrected chi connectivity index (χ2v) is 12.7. The predicted molar refractivity (Wildman–Crippen MR) is 152 cm³/mol. The number of nitrogens with zero attached hydrogens (tertiary/aromatic N) is 3. The van der Waals surface area contributed by atoms with Crippen LogP contribution in [0.2, 0.25) is 0 Å². The van der Waals surface area contributed by atoms with Crippen LogP contribution >= 0.6 is 0 Å². The number of rotatable bonds is 8. The van der Waals surface area contributed by atoms with Crippen LogP contribution in [0.15, 0.2) is 54.9 Å². The van der Waals surface area contributed by atoms with E-state index in [4.69, 9.17) is 9.72 Å². The van der Waals surface area contributed by atoms with Crippen molar-refractivity contribution in [1.29, 1.82) is 0 Å². The maximum atomic E-state index is 15.7. The van der Waals surface area contributed by atoms with E-state index in [9.17, 15) is 8.42 Å². The lowest BCUT2D eigenvalue weighted by Crippen LogP contribution is -2.27. The van der Waals surface area contributed by atoms with Crippen molar-refractivity contribution < 1.29 is 17.5 Å². The average Bonchev–Trinajstić information content (AvgIpc) is 2.94. The number of pyridine rings is 1. The number of benzene rings is 2. The summed E-state index contributed by atoms with van der Waals surface area (Å²) in [5.74, 6) is 0.765. The van der Waals surface area contributed by atoms with E-state index in [-0.39, 0.29) is 28.5 Å². The average molecular weight is 549 g/mol.